The molecule has 0 heterocycles. The van der Waals surface area contributed by atoms with Gasteiger partial charge >= 0.3 is 0 Å². The highest BCUT2D eigenvalue weighted by atomic mass is 28.3. The molecule has 2 rings (SSSR count). The fraction of sp³-hybridized carbons (Fsp3) is 0.529. The van der Waals surface area contributed by atoms with Crippen molar-refractivity contribution in [2.75, 3.05) is 0 Å². The number of aliphatic hydroxyl groups excluding tert-OH is 1. The van der Waals surface area contributed by atoms with Gasteiger partial charge in [0.25, 0.3) is 0 Å². The van der Waals surface area contributed by atoms with Crippen molar-refractivity contribution in [2.45, 2.75) is 57.0 Å². The lowest BCUT2D eigenvalue weighted by Crippen LogP contribution is -2.37. The van der Waals surface area contributed by atoms with Gasteiger partial charge in [-0.2, -0.15) is 0 Å². The third kappa shape index (κ3) is 3.58. The Morgan fingerprint density at radius 2 is 1.74 bits per heavy atom. The molecular weight excluding hydrogens is 248 g/mol. The Bertz CT molecular complexity index is 430. The molecular formula is C17H26OSi. The fourth-order valence-corrected chi connectivity index (χ4v) is 5.28. The van der Waals surface area contributed by atoms with Crippen molar-refractivity contribution in [1.29, 1.82) is 0 Å². The van der Waals surface area contributed by atoms with E-state index in [2.05, 4.69) is 50.0 Å². The Hall–Kier alpha value is -0.863. The average Bonchev–Trinajstić information content (AvgIpc) is 2.34. The molecule has 1 nitrogen and oxygen atoms in total. The quantitative estimate of drug-likeness (QED) is 0.774. The molecule has 0 saturated heterocycles. The van der Waals surface area contributed by atoms with Crippen LogP contribution < -0.4 is 0 Å². The Balaban J connectivity index is 2.34. The van der Waals surface area contributed by atoms with Crippen LogP contribution in [0.3, 0.4) is 0 Å². The maximum Gasteiger partial charge on any atom is 0.0797 e. The minimum Gasteiger partial charge on any atom is -0.388 e. The van der Waals surface area contributed by atoms with E-state index >= 15 is 0 Å². The van der Waals surface area contributed by atoms with Crippen LogP contribution in [0.25, 0.3) is 5.57 Å². The fourth-order valence-electron chi connectivity index (χ4n) is 3.09. The third-order valence-electron chi connectivity index (χ3n) is 4.25. The number of benzene rings is 1. The summed E-state index contributed by atoms with van der Waals surface area (Å²) in [7, 11) is -1.34. The van der Waals surface area contributed by atoms with Gasteiger partial charge in [0.2, 0.25) is 0 Å². The van der Waals surface area contributed by atoms with Gasteiger partial charge < -0.3 is 5.11 Å². The Morgan fingerprint density at radius 1 is 1.05 bits per heavy atom. The molecule has 1 aromatic rings. The summed E-state index contributed by atoms with van der Waals surface area (Å²) in [6, 6.07) is 10.4. The Kier molecular flexibility index (Phi) is 4.64. The van der Waals surface area contributed by atoms with Crippen LogP contribution in [0.5, 0.6) is 0 Å². The monoisotopic (exact) mass is 274 g/mol. The van der Waals surface area contributed by atoms with Gasteiger partial charge in [0, 0.05) is 0 Å². The number of allylic oxidation sites excluding steroid dienone is 1. The van der Waals surface area contributed by atoms with Gasteiger partial charge in [0.05, 0.1) is 14.2 Å². The van der Waals surface area contributed by atoms with Crippen LogP contribution >= 0.6 is 0 Å². The Morgan fingerprint density at radius 3 is 2.37 bits per heavy atom. The minimum absolute atomic E-state index is 0.283. The molecule has 2 heteroatoms. The lowest BCUT2D eigenvalue weighted by atomic mass is 9.92. The Labute approximate surface area is 118 Å². The molecule has 0 amide bonds. The van der Waals surface area contributed by atoms with E-state index in [1.54, 1.807) is 0 Å². The summed E-state index contributed by atoms with van der Waals surface area (Å²) < 4.78 is 0. The zero-order valence-corrected chi connectivity index (χ0v) is 13.4. The van der Waals surface area contributed by atoms with E-state index in [0.29, 0.717) is 5.54 Å². The van der Waals surface area contributed by atoms with Gasteiger partial charge in [-0.1, -0.05) is 68.9 Å². The lowest BCUT2D eigenvalue weighted by molar-refractivity contribution is 0.212. The van der Waals surface area contributed by atoms with E-state index in [1.807, 2.05) is 6.07 Å². The highest BCUT2D eigenvalue weighted by molar-refractivity contribution is 6.77. The second-order valence-electron chi connectivity index (χ2n) is 6.73. The van der Waals surface area contributed by atoms with Crippen molar-refractivity contribution in [3.63, 3.8) is 0 Å². The molecule has 1 aliphatic rings. The van der Waals surface area contributed by atoms with Gasteiger partial charge in [-0.15, -0.1) is 0 Å². The number of hydrogen-bond donors (Lipinski definition) is 1. The highest BCUT2D eigenvalue weighted by Gasteiger charge is 2.34. The molecule has 1 N–H and O–H groups in total. The first-order valence-electron chi connectivity index (χ1n) is 7.43. The van der Waals surface area contributed by atoms with Crippen LogP contribution in [0.15, 0.2) is 36.4 Å². The number of aliphatic hydroxyl groups is 1. The summed E-state index contributed by atoms with van der Waals surface area (Å²) >= 11 is 0. The molecule has 0 saturated carbocycles. The smallest absolute Gasteiger partial charge is 0.0797 e. The molecule has 0 unspecified atom stereocenters. The molecule has 0 radical (unpaired) electrons. The van der Waals surface area contributed by atoms with Crippen molar-refractivity contribution < 1.29 is 5.11 Å². The maximum atomic E-state index is 10.9. The van der Waals surface area contributed by atoms with E-state index in [1.165, 1.54) is 24.8 Å². The largest absolute Gasteiger partial charge is 0.388 e. The van der Waals surface area contributed by atoms with Crippen molar-refractivity contribution >= 4 is 13.6 Å². The van der Waals surface area contributed by atoms with Gasteiger partial charge in [-0.05, 0) is 29.5 Å². The van der Waals surface area contributed by atoms with Gasteiger partial charge in [-0.3, -0.25) is 0 Å². The van der Waals surface area contributed by atoms with E-state index < -0.39 is 8.07 Å². The van der Waals surface area contributed by atoms with Crippen molar-refractivity contribution in [3.05, 3.63) is 42.0 Å². The van der Waals surface area contributed by atoms with Gasteiger partial charge in [-0.25, -0.2) is 0 Å². The number of rotatable bonds is 2. The van der Waals surface area contributed by atoms with E-state index in [0.717, 1.165) is 12.0 Å². The molecule has 0 fully saturated rings. The van der Waals surface area contributed by atoms with Crippen molar-refractivity contribution in [1.82, 2.24) is 0 Å². The predicted octanol–water partition coefficient (Wildman–Crippen LogP) is 4.71. The second-order valence-corrected chi connectivity index (χ2v) is 12.2. The summed E-state index contributed by atoms with van der Waals surface area (Å²) in [5.41, 5.74) is 2.83. The van der Waals surface area contributed by atoms with Crippen LogP contribution in [0.1, 0.15) is 31.2 Å². The first-order valence-corrected chi connectivity index (χ1v) is 11.0. The summed E-state index contributed by atoms with van der Waals surface area (Å²) in [6.45, 7) is 7.14. The van der Waals surface area contributed by atoms with E-state index in [4.69, 9.17) is 0 Å². The summed E-state index contributed by atoms with van der Waals surface area (Å²) in [4.78, 5) is 0. The molecule has 1 aliphatic carbocycles. The topological polar surface area (TPSA) is 20.2 Å². The molecule has 1 aromatic carbocycles. The molecule has 104 valence electrons. The normalized spacial score (nSPS) is 25.4. The summed E-state index contributed by atoms with van der Waals surface area (Å²) in [5, 5.41) is 10.9. The summed E-state index contributed by atoms with van der Waals surface area (Å²) in [5.74, 6) is 0. The summed E-state index contributed by atoms with van der Waals surface area (Å²) in [6.07, 6.45) is 6.77. The first-order chi connectivity index (χ1) is 9.00. The van der Waals surface area contributed by atoms with Gasteiger partial charge in [0.1, 0.15) is 0 Å². The van der Waals surface area contributed by atoms with E-state index in [-0.39, 0.29) is 6.10 Å². The molecule has 0 bridgehead atoms. The van der Waals surface area contributed by atoms with Crippen LogP contribution in [-0.4, -0.2) is 19.3 Å². The third-order valence-corrected chi connectivity index (χ3v) is 7.08. The van der Waals surface area contributed by atoms with E-state index in [9.17, 15) is 5.11 Å². The standard InChI is InChI=1S/C17H26OSi/c1-19(2,3)16-13-9-5-8-12-15(17(16)18)14-10-6-4-7-11-14/h4,6-7,10-12,16-18H,5,8-9,13H2,1-3H3/t16-,17-/m0/s1. The molecule has 0 spiro atoms. The lowest BCUT2D eigenvalue weighted by Gasteiger charge is -2.35. The van der Waals surface area contributed by atoms with Crippen LogP contribution in [0.2, 0.25) is 25.2 Å². The number of hydrogen-bond acceptors (Lipinski definition) is 1. The molecule has 19 heavy (non-hydrogen) atoms. The van der Waals surface area contributed by atoms with Crippen LogP contribution in [0.4, 0.5) is 0 Å². The SMILES string of the molecule is C[Si](C)(C)[C@H]1CCCCC=C(c2ccccc2)[C@@H]1O. The van der Waals surface area contributed by atoms with Crippen LogP contribution in [-0.2, 0) is 0 Å². The highest BCUT2D eigenvalue weighted by Crippen LogP contribution is 2.39. The first kappa shape index (κ1) is 14.5. The van der Waals surface area contributed by atoms with Gasteiger partial charge in [0.15, 0.2) is 0 Å². The van der Waals surface area contributed by atoms with Crippen molar-refractivity contribution in [2.24, 2.45) is 0 Å². The van der Waals surface area contributed by atoms with Crippen molar-refractivity contribution in [3.8, 4) is 0 Å². The molecule has 0 aromatic heterocycles. The average molecular weight is 274 g/mol. The predicted molar refractivity (Wildman–Crippen MR) is 86.0 cm³/mol. The minimum atomic E-state index is -1.34. The zero-order chi connectivity index (χ0) is 13.9. The molecule has 2 atom stereocenters. The second kappa shape index (κ2) is 6.06. The zero-order valence-electron chi connectivity index (χ0n) is 12.4. The maximum absolute atomic E-state index is 10.9. The van der Waals surface area contributed by atoms with Crippen LogP contribution in [0, 0.1) is 0 Å². The molecule has 0 aliphatic heterocycles.